The van der Waals surface area contributed by atoms with Gasteiger partial charge in [0.05, 0.1) is 0 Å². The fraction of sp³-hybridized carbons (Fsp3) is 0.900. The third-order valence-electron chi connectivity index (χ3n) is 10.9. The van der Waals surface area contributed by atoms with Gasteiger partial charge in [0.2, 0.25) is 0 Å². The van der Waals surface area contributed by atoms with Gasteiger partial charge in [-0.2, -0.15) is 0 Å². The predicted octanol–water partition coefficient (Wildman–Crippen LogP) is 7.29. The number of esters is 1. The quantitative estimate of drug-likeness (QED) is 0.322. The van der Waals surface area contributed by atoms with Gasteiger partial charge in [0.25, 0.3) is 0 Å². The number of carbonyl (C=O) groups is 1. The van der Waals surface area contributed by atoms with Crippen LogP contribution in [0.2, 0.25) is 0 Å². The lowest BCUT2D eigenvalue weighted by atomic mass is 9.47. The van der Waals surface area contributed by atoms with Gasteiger partial charge >= 0.3 is 5.97 Å². The summed E-state index contributed by atoms with van der Waals surface area (Å²) in [5.41, 5.74) is 8.18. The summed E-state index contributed by atoms with van der Waals surface area (Å²) in [5.74, 6) is 4.95. The molecule has 2 unspecified atom stereocenters. The highest BCUT2D eigenvalue weighted by Crippen LogP contribution is 2.67. The van der Waals surface area contributed by atoms with Crippen LogP contribution < -0.4 is 5.73 Å². The lowest BCUT2D eigenvalue weighted by molar-refractivity contribution is -0.152. The number of hydrogen-bond donors (Lipinski definition) is 1. The standard InChI is InChI=1S/C30H51NO2/c1-19(2)8-7-9-20(3)25-12-13-26-24-11-10-22-18-23(33-28(32)21(4)31)14-16-29(22,5)27(24)15-17-30(25,26)6/h10,19-21,23-27H,7-9,11-18,31H2,1-6H3/t20?,21?,23-,24-,25+,26-,27-,29-,30+/m0/s1. The zero-order valence-electron chi connectivity index (χ0n) is 22.4. The molecule has 3 saturated carbocycles. The minimum atomic E-state index is -0.526. The van der Waals surface area contributed by atoms with Gasteiger partial charge in [-0.05, 0) is 98.2 Å². The molecule has 0 spiro atoms. The maximum absolute atomic E-state index is 12.1. The van der Waals surface area contributed by atoms with Crippen LogP contribution in [0.3, 0.4) is 0 Å². The number of ether oxygens (including phenoxy) is 1. The van der Waals surface area contributed by atoms with Crippen LogP contribution in [0.4, 0.5) is 0 Å². The number of carbonyl (C=O) groups excluding carboxylic acids is 1. The highest BCUT2D eigenvalue weighted by Gasteiger charge is 2.59. The van der Waals surface area contributed by atoms with E-state index in [2.05, 4.69) is 40.7 Å². The van der Waals surface area contributed by atoms with Crippen molar-refractivity contribution >= 4 is 5.97 Å². The largest absolute Gasteiger partial charge is 0.461 e. The summed E-state index contributed by atoms with van der Waals surface area (Å²) in [7, 11) is 0. The molecule has 188 valence electrons. The van der Waals surface area contributed by atoms with E-state index in [1.807, 2.05) is 0 Å². The molecule has 3 fully saturated rings. The first-order chi connectivity index (χ1) is 15.6. The Hall–Kier alpha value is -0.830. The van der Waals surface area contributed by atoms with Crippen molar-refractivity contribution in [3.8, 4) is 0 Å². The van der Waals surface area contributed by atoms with Crippen molar-refractivity contribution in [3.05, 3.63) is 11.6 Å². The Kier molecular flexibility index (Phi) is 7.40. The van der Waals surface area contributed by atoms with Crippen molar-refractivity contribution in [3.63, 3.8) is 0 Å². The Bertz CT molecular complexity index is 742. The van der Waals surface area contributed by atoms with E-state index in [1.165, 1.54) is 51.4 Å². The van der Waals surface area contributed by atoms with E-state index in [9.17, 15) is 4.79 Å². The Morgan fingerprint density at radius 2 is 1.82 bits per heavy atom. The van der Waals surface area contributed by atoms with Crippen LogP contribution in [-0.2, 0) is 9.53 Å². The predicted molar refractivity (Wildman–Crippen MR) is 137 cm³/mol. The molecular formula is C30H51NO2. The number of rotatable bonds is 7. The molecule has 0 amide bonds. The Morgan fingerprint density at radius 3 is 2.52 bits per heavy atom. The van der Waals surface area contributed by atoms with Crippen molar-refractivity contribution in [1.82, 2.24) is 0 Å². The van der Waals surface area contributed by atoms with Crippen molar-refractivity contribution in [2.45, 2.75) is 124 Å². The number of hydrogen-bond acceptors (Lipinski definition) is 3. The van der Waals surface area contributed by atoms with E-state index >= 15 is 0 Å². The van der Waals surface area contributed by atoms with E-state index in [4.69, 9.17) is 10.5 Å². The second-order valence-corrected chi connectivity index (χ2v) is 13.4. The fourth-order valence-corrected chi connectivity index (χ4v) is 9.02. The topological polar surface area (TPSA) is 52.3 Å². The van der Waals surface area contributed by atoms with Crippen LogP contribution in [0, 0.1) is 46.3 Å². The maximum Gasteiger partial charge on any atom is 0.322 e. The molecule has 0 radical (unpaired) electrons. The molecule has 0 saturated heterocycles. The molecule has 0 aromatic heterocycles. The average Bonchev–Trinajstić information content (AvgIpc) is 3.11. The van der Waals surface area contributed by atoms with Crippen molar-refractivity contribution in [2.75, 3.05) is 0 Å². The first kappa shape index (κ1) is 25.3. The summed E-state index contributed by atoms with van der Waals surface area (Å²) >= 11 is 0. The summed E-state index contributed by atoms with van der Waals surface area (Å²) in [5, 5.41) is 0. The molecule has 0 bridgehead atoms. The molecule has 4 aliphatic carbocycles. The number of allylic oxidation sites excluding steroid dienone is 1. The third-order valence-corrected chi connectivity index (χ3v) is 10.9. The van der Waals surface area contributed by atoms with E-state index in [-0.39, 0.29) is 12.1 Å². The molecule has 4 aliphatic rings. The summed E-state index contributed by atoms with van der Waals surface area (Å²) in [4.78, 5) is 12.1. The minimum Gasteiger partial charge on any atom is -0.461 e. The minimum absolute atomic E-state index is 0.0239. The smallest absolute Gasteiger partial charge is 0.322 e. The summed E-state index contributed by atoms with van der Waals surface area (Å²) < 4.78 is 5.75. The van der Waals surface area contributed by atoms with Crippen LogP contribution in [-0.4, -0.2) is 18.1 Å². The first-order valence-corrected chi connectivity index (χ1v) is 14.2. The van der Waals surface area contributed by atoms with Crippen molar-refractivity contribution in [1.29, 1.82) is 0 Å². The van der Waals surface area contributed by atoms with Crippen LogP contribution >= 0.6 is 0 Å². The molecular weight excluding hydrogens is 406 g/mol. The number of nitrogens with two attached hydrogens (primary N) is 1. The normalized spacial score (nSPS) is 42.1. The highest BCUT2D eigenvalue weighted by atomic mass is 16.5. The maximum atomic E-state index is 12.1. The molecule has 4 rings (SSSR count). The van der Waals surface area contributed by atoms with Crippen molar-refractivity contribution < 1.29 is 9.53 Å². The lowest BCUT2D eigenvalue weighted by Gasteiger charge is -2.58. The van der Waals surface area contributed by atoms with Crippen LogP contribution in [0.25, 0.3) is 0 Å². The van der Waals surface area contributed by atoms with Gasteiger partial charge in [-0.15, -0.1) is 0 Å². The number of fused-ring (bicyclic) bond motifs is 5. The average molecular weight is 458 g/mol. The molecule has 33 heavy (non-hydrogen) atoms. The van der Waals surface area contributed by atoms with Gasteiger partial charge in [-0.1, -0.05) is 65.5 Å². The second-order valence-electron chi connectivity index (χ2n) is 13.4. The first-order valence-electron chi connectivity index (χ1n) is 14.2. The highest BCUT2D eigenvalue weighted by molar-refractivity contribution is 5.75. The summed E-state index contributed by atoms with van der Waals surface area (Å²) in [6.07, 6.45) is 16.9. The van der Waals surface area contributed by atoms with Crippen LogP contribution in [0.15, 0.2) is 11.6 Å². The lowest BCUT2D eigenvalue weighted by Crippen LogP contribution is -2.51. The Labute approximate surface area is 203 Å². The van der Waals surface area contributed by atoms with E-state index in [0.29, 0.717) is 10.8 Å². The zero-order valence-corrected chi connectivity index (χ0v) is 22.4. The van der Waals surface area contributed by atoms with Gasteiger partial charge in [0.1, 0.15) is 12.1 Å². The molecule has 0 aromatic rings. The van der Waals surface area contributed by atoms with Crippen LogP contribution in [0.1, 0.15) is 112 Å². The zero-order chi connectivity index (χ0) is 24.0. The Balaban J connectivity index is 1.45. The molecule has 0 aliphatic heterocycles. The molecule has 3 heteroatoms. The summed E-state index contributed by atoms with van der Waals surface area (Å²) in [6, 6.07) is -0.526. The van der Waals surface area contributed by atoms with Gasteiger partial charge < -0.3 is 10.5 Å². The molecule has 0 aromatic carbocycles. The molecule has 0 heterocycles. The van der Waals surface area contributed by atoms with E-state index < -0.39 is 6.04 Å². The van der Waals surface area contributed by atoms with Crippen molar-refractivity contribution in [2.24, 2.45) is 52.1 Å². The van der Waals surface area contributed by atoms with Gasteiger partial charge in [0.15, 0.2) is 0 Å². The van der Waals surface area contributed by atoms with E-state index in [0.717, 1.165) is 54.8 Å². The molecule has 9 atom stereocenters. The van der Waals surface area contributed by atoms with E-state index in [1.54, 1.807) is 12.5 Å². The van der Waals surface area contributed by atoms with Crippen LogP contribution in [0.5, 0.6) is 0 Å². The summed E-state index contributed by atoms with van der Waals surface area (Å²) in [6.45, 7) is 14.2. The monoisotopic (exact) mass is 457 g/mol. The Morgan fingerprint density at radius 1 is 1.06 bits per heavy atom. The third kappa shape index (κ3) is 4.69. The fourth-order valence-electron chi connectivity index (χ4n) is 9.02. The van der Waals surface area contributed by atoms with Gasteiger partial charge in [-0.25, -0.2) is 0 Å². The van der Waals surface area contributed by atoms with Gasteiger partial charge in [-0.3, -0.25) is 4.79 Å². The molecule has 3 nitrogen and oxygen atoms in total. The molecule has 2 N–H and O–H groups in total. The van der Waals surface area contributed by atoms with Gasteiger partial charge in [0, 0.05) is 6.42 Å². The SMILES string of the molecule is CC(C)CCCC(C)[C@H]1CC[C@H]2[C@@H]3CC=C4C[C@@H](OC(=O)C(C)N)CC[C@]4(C)[C@H]3CC[C@]12C. The second kappa shape index (κ2) is 9.67.